The molecule has 2 aromatic rings. The van der Waals surface area contributed by atoms with Gasteiger partial charge in [-0.25, -0.2) is 0 Å². The molecule has 2 heterocycles. The summed E-state index contributed by atoms with van der Waals surface area (Å²) in [6.45, 7) is 3.88. The zero-order chi connectivity index (χ0) is 16.1. The van der Waals surface area contributed by atoms with E-state index in [9.17, 15) is 5.11 Å². The van der Waals surface area contributed by atoms with E-state index in [2.05, 4.69) is 40.6 Å². The van der Waals surface area contributed by atoms with Crippen LogP contribution in [0.3, 0.4) is 0 Å². The van der Waals surface area contributed by atoms with Crippen molar-refractivity contribution in [2.75, 3.05) is 19.6 Å². The number of benzene rings is 1. The van der Waals surface area contributed by atoms with E-state index < -0.39 is 0 Å². The third-order valence-electron chi connectivity index (χ3n) is 4.14. The lowest BCUT2D eigenvalue weighted by atomic mass is 10.00. The van der Waals surface area contributed by atoms with Gasteiger partial charge in [-0.1, -0.05) is 24.3 Å². The molecule has 1 aliphatic heterocycles. The Morgan fingerprint density at radius 1 is 1.35 bits per heavy atom. The van der Waals surface area contributed by atoms with E-state index in [0.717, 1.165) is 24.4 Å². The molecular formula is C18H21N3OS. The molecule has 0 fully saturated rings. The Labute approximate surface area is 141 Å². The summed E-state index contributed by atoms with van der Waals surface area (Å²) in [5.74, 6) is 0. The van der Waals surface area contributed by atoms with E-state index in [4.69, 9.17) is 5.26 Å². The molecule has 1 atom stereocenters. The molecule has 0 saturated heterocycles. The van der Waals surface area contributed by atoms with E-state index in [1.807, 2.05) is 11.4 Å². The van der Waals surface area contributed by atoms with Crippen LogP contribution in [0.15, 0.2) is 35.7 Å². The summed E-state index contributed by atoms with van der Waals surface area (Å²) in [5, 5.41) is 24.2. The third kappa shape index (κ3) is 4.40. The van der Waals surface area contributed by atoms with Gasteiger partial charge >= 0.3 is 0 Å². The Morgan fingerprint density at radius 3 is 2.96 bits per heavy atom. The number of aliphatic hydroxyl groups is 1. The van der Waals surface area contributed by atoms with Gasteiger partial charge < -0.3 is 10.4 Å². The number of thiophene rings is 1. The minimum Gasteiger partial charge on any atom is -0.390 e. The number of nitrogens with one attached hydrogen (secondary N) is 1. The van der Waals surface area contributed by atoms with Gasteiger partial charge in [0.1, 0.15) is 6.07 Å². The Hall–Kier alpha value is -1.71. The second-order valence-electron chi connectivity index (χ2n) is 5.95. The average Bonchev–Trinajstić information content (AvgIpc) is 3.03. The van der Waals surface area contributed by atoms with Crippen LogP contribution in [0.1, 0.15) is 21.6 Å². The largest absolute Gasteiger partial charge is 0.390 e. The van der Waals surface area contributed by atoms with Crippen molar-refractivity contribution in [3.63, 3.8) is 0 Å². The van der Waals surface area contributed by atoms with Gasteiger partial charge in [-0.05, 0) is 23.6 Å². The van der Waals surface area contributed by atoms with E-state index in [-0.39, 0.29) is 6.10 Å². The molecule has 1 unspecified atom stereocenters. The van der Waals surface area contributed by atoms with Gasteiger partial charge in [0, 0.05) is 43.0 Å². The molecule has 1 aliphatic rings. The third-order valence-corrected chi connectivity index (χ3v) is 5.08. The number of aliphatic hydroxyl groups excluding tert-OH is 1. The lowest BCUT2D eigenvalue weighted by Crippen LogP contribution is -2.40. The first-order valence-electron chi connectivity index (χ1n) is 7.90. The molecule has 2 N–H and O–H groups in total. The van der Waals surface area contributed by atoms with Gasteiger partial charge in [-0.15, -0.1) is 11.3 Å². The average molecular weight is 327 g/mol. The predicted octanol–water partition coefficient (Wildman–Crippen LogP) is 2.13. The molecule has 23 heavy (non-hydrogen) atoms. The molecule has 5 heteroatoms. The van der Waals surface area contributed by atoms with Gasteiger partial charge in [0.2, 0.25) is 0 Å². The lowest BCUT2D eigenvalue weighted by molar-refractivity contribution is 0.104. The SMILES string of the molecule is N#Cc1csc(CNCC(O)CN2CCc3ccccc3C2)c1. The van der Waals surface area contributed by atoms with E-state index in [1.165, 1.54) is 11.1 Å². The minimum absolute atomic E-state index is 0.379. The van der Waals surface area contributed by atoms with Crippen molar-refractivity contribution in [2.24, 2.45) is 0 Å². The highest BCUT2D eigenvalue weighted by molar-refractivity contribution is 7.10. The summed E-state index contributed by atoms with van der Waals surface area (Å²) in [5.41, 5.74) is 3.52. The first kappa shape index (κ1) is 16.2. The highest BCUT2D eigenvalue weighted by Crippen LogP contribution is 2.18. The second kappa shape index (κ2) is 7.71. The van der Waals surface area contributed by atoms with Crippen LogP contribution in [0.25, 0.3) is 0 Å². The molecule has 0 radical (unpaired) electrons. The van der Waals surface area contributed by atoms with Crippen LogP contribution >= 0.6 is 11.3 Å². The smallest absolute Gasteiger partial charge is 0.100 e. The second-order valence-corrected chi connectivity index (χ2v) is 6.95. The topological polar surface area (TPSA) is 59.3 Å². The number of hydrogen-bond donors (Lipinski definition) is 2. The fraction of sp³-hybridized carbons (Fsp3) is 0.389. The van der Waals surface area contributed by atoms with Crippen LogP contribution in [0.2, 0.25) is 0 Å². The number of hydrogen-bond acceptors (Lipinski definition) is 5. The Kier molecular flexibility index (Phi) is 5.42. The Balaban J connectivity index is 1.41. The van der Waals surface area contributed by atoms with Crippen LogP contribution in [-0.4, -0.2) is 35.7 Å². The van der Waals surface area contributed by atoms with Gasteiger partial charge in [-0.2, -0.15) is 5.26 Å². The number of nitrogens with zero attached hydrogens (tertiary/aromatic N) is 2. The van der Waals surface area contributed by atoms with Crippen molar-refractivity contribution in [3.05, 3.63) is 57.3 Å². The lowest BCUT2D eigenvalue weighted by Gasteiger charge is -2.30. The Morgan fingerprint density at radius 2 is 2.17 bits per heavy atom. The summed E-state index contributed by atoms with van der Waals surface area (Å²) < 4.78 is 0. The first-order chi connectivity index (χ1) is 11.2. The molecule has 1 aromatic heterocycles. The van der Waals surface area contributed by atoms with Crippen molar-refractivity contribution >= 4 is 11.3 Å². The van der Waals surface area contributed by atoms with Crippen LogP contribution in [0.4, 0.5) is 0 Å². The van der Waals surface area contributed by atoms with Crippen molar-refractivity contribution < 1.29 is 5.11 Å². The molecule has 0 spiro atoms. The monoisotopic (exact) mass is 327 g/mol. The van der Waals surface area contributed by atoms with Crippen molar-refractivity contribution in [2.45, 2.75) is 25.6 Å². The maximum absolute atomic E-state index is 10.2. The van der Waals surface area contributed by atoms with Gasteiger partial charge in [0.15, 0.2) is 0 Å². The normalized spacial score (nSPS) is 15.8. The van der Waals surface area contributed by atoms with Crippen LogP contribution in [-0.2, 0) is 19.5 Å². The number of β-amino-alcohol motifs (C(OH)–C–C–N with tert-alkyl or cyclic N) is 1. The predicted molar refractivity (Wildman–Crippen MR) is 92.2 cm³/mol. The van der Waals surface area contributed by atoms with Crippen LogP contribution in [0.5, 0.6) is 0 Å². The maximum atomic E-state index is 10.2. The van der Waals surface area contributed by atoms with E-state index in [0.29, 0.717) is 25.2 Å². The molecule has 1 aromatic carbocycles. The highest BCUT2D eigenvalue weighted by atomic mass is 32.1. The van der Waals surface area contributed by atoms with Crippen molar-refractivity contribution in [1.82, 2.24) is 10.2 Å². The maximum Gasteiger partial charge on any atom is 0.100 e. The molecule has 4 nitrogen and oxygen atoms in total. The molecule has 0 bridgehead atoms. The number of rotatable bonds is 6. The van der Waals surface area contributed by atoms with Crippen molar-refractivity contribution in [1.29, 1.82) is 5.26 Å². The standard InChI is InChI=1S/C18H21N3OS/c19-8-14-7-18(23-13-14)10-20-9-17(22)12-21-6-5-15-3-1-2-4-16(15)11-21/h1-4,7,13,17,20,22H,5-6,9-12H2. The zero-order valence-corrected chi connectivity index (χ0v) is 13.9. The van der Waals surface area contributed by atoms with E-state index in [1.54, 1.807) is 11.3 Å². The van der Waals surface area contributed by atoms with E-state index >= 15 is 0 Å². The summed E-state index contributed by atoms with van der Waals surface area (Å²) in [6, 6.07) is 12.6. The van der Waals surface area contributed by atoms with Gasteiger partial charge in [0.25, 0.3) is 0 Å². The number of fused-ring (bicyclic) bond motifs is 1. The molecule has 0 saturated carbocycles. The molecule has 0 amide bonds. The fourth-order valence-electron chi connectivity index (χ4n) is 2.97. The number of nitriles is 1. The molecule has 0 aliphatic carbocycles. The van der Waals surface area contributed by atoms with Gasteiger partial charge in [0.05, 0.1) is 11.7 Å². The summed E-state index contributed by atoms with van der Waals surface area (Å²) in [7, 11) is 0. The summed E-state index contributed by atoms with van der Waals surface area (Å²) >= 11 is 1.58. The van der Waals surface area contributed by atoms with Gasteiger partial charge in [-0.3, -0.25) is 4.90 Å². The minimum atomic E-state index is -0.379. The highest BCUT2D eigenvalue weighted by Gasteiger charge is 2.18. The molecule has 3 rings (SSSR count). The summed E-state index contributed by atoms with van der Waals surface area (Å²) in [4.78, 5) is 3.44. The quantitative estimate of drug-likeness (QED) is 0.853. The fourth-order valence-corrected chi connectivity index (χ4v) is 3.75. The molecular weight excluding hydrogens is 306 g/mol. The van der Waals surface area contributed by atoms with Crippen LogP contribution < -0.4 is 5.32 Å². The Bertz CT molecular complexity index is 692. The van der Waals surface area contributed by atoms with Crippen molar-refractivity contribution in [3.8, 4) is 6.07 Å². The molecule has 120 valence electrons. The zero-order valence-electron chi connectivity index (χ0n) is 13.0. The van der Waals surface area contributed by atoms with Crippen LogP contribution in [0, 0.1) is 11.3 Å². The summed E-state index contributed by atoms with van der Waals surface area (Å²) in [6.07, 6.45) is 0.679. The first-order valence-corrected chi connectivity index (χ1v) is 8.78.